The lowest BCUT2D eigenvalue weighted by Gasteiger charge is -2.13. The van der Waals surface area contributed by atoms with Gasteiger partial charge in [0.1, 0.15) is 0 Å². The summed E-state index contributed by atoms with van der Waals surface area (Å²) in [6.07, 6.45) is 0.914. The van der Waals surface area contributed by atoms with Gasteiger partial charge in [-0.15, -0.1) is 11.6 Å². The minimum absolute atomic E-state index is 0.204. The van der Waals surface area contributed by atoms with Gasteiger partial charge in [0.2, 0.25) is 0 Å². The Kier molecular flexibility index (Phi) is 4.28. The molecule has 1 aromatic rings. The molecule has 0 aromatic heterocycles. The monoisotopic (exact) mass is 230 g/mol. The van der Waals surface area contributed by atoms with Gasteiger partial charge in [-0.1, -0.05) is 37.6 Å². The molecular weight excluding hydrogens is 215 g/mol. The van der Waals surface area contributed by atoms with Crippen molar-refractivity contribution in [3.63, 3.8) is 0 Å². The fourth-order valence-corrected chi connectivity index (χ4v) is 1.59. The van der Waals surface area contributed by atoms with E-state index in [0.717, 1.165) is 17.0 Å². The average molecular weight is 231 g/mol. The Morgan fingerprint density at radius 2 is 1.93 bits per heavy atom. The number of rotatable bonds is 3. The van der Waals surface area contributed by atoms with Gasteiger partial charge in [0, 0.05) is 10.4 Å². The van der Waals surface area contributed by atoms with Crippen molar-refractivity contribution in [1.82, 2.24) is 0 Å². The van der Waals surface area contributed by atoms with Crippen LogP contribution in [0.1, 0.15) is 25.0 Å². The van der Waals surface area contributed by atoms with E-state index in [0.29, 0.717) is 5.92 Å². The second-order valence-electron chi connectivity index (χ2n) is 4.05. The van der Waals surface area contributed by atoms with Crippen molar-refractivity contribution in [2.24, 2.45) is 5.92 Å². The maximum Gasteiger partial charge on any atom is 0.0435 e. The van der Waals surface area contributed by atoms with Gasteiger partial charge in [0.15, 0.2) is 0 Å². The van der Waals surface area contributed by atoms with Crippen molar-refractivity contribution >= 4 is 23.2 Å². The summed E-state index contributed by atoms with van der Waals surface area (Å²) < 4.78 is 0. The maximum atomic E-state index is 6.21. The summed E-state index contributed by atoms with van der Waals surface area (Å²) in [5.74, 6) is 0.507. The Labute approximate surface area is 96.2 Å². The maximum absolute atomic E-state index is 6.21. The van der Waals surface area contributed by atoms with Crippen LogP contribution in [-0.2, 0) is 6.42 Å². The topological polar surface area (TPSA) is 0 Å². The molecule has 0 aliphatic carbocycles. The molecule has 0 N–H and O–H groups in total. The molecule has 0 heterocycles. The van der Waals surface area contributed by atoms with E-state index < -0.39 is 0 Å². The lowest BCUT2D eigenvalue weighted by molar-refractivity contribution is 0.596. The summed E-state index contributed by atoms with van der Waals surface area (Å²) >= 11 is 12.2. The number of benzene rings is 1. The van der Waals surface area contributed by atoms with Crippen molar-refractivity contribution in [3.8, 4) is 0 Å². The molecule has 78 valence electrons. The Hall–Kier alpha value is -0.200. The molecule has 0 amide bonds. The molecule has 14 heavy (non-hydrogen) atoms. The van der Waals surface area contributed by atoms with E-state index in [1.54, 1.807) is 0 Å². The molecule has 0 spiro atoms. The summed E-state index contributed by atoms with van der Waals surface area (Å²) in [4.78, 5) is 0. The van der Waals surface area contributed by atoms with Crippen LogP contribution in [0.5, 0.6) is 0 Å². The third-order valence-electron chi connectivity index (χ3n) is 2.38. The Balaban J connectivity index is 2.73. The lowest BCUT2D eigenvalue weighted by atomic mass is 10.0. The van der Waals surface area contributed by atoms with Crippen LogP contribution in [0.4, 0.5) is 0 Å². The SMILES string of the molecule is Cc1cc(CC(Cl)C(C)C)ccc1Cl. The second-order valence-corrected chi connectivity index (χ2v) is 5.02. The van der Waals surface area contributed by atoms with Crippen LogP contribution in [0.15, 0.2) is 18.2 Å². The molecule has 1 aromatic carbocycles. The van der Waals surface area contributed by atoms with E-state index in [2.05, 4.69) is 19.9 Å². The largest absolute Gasteiger partial charge is 0.122 e. The molecule has 1 unspecified atom stereocenters. The number of aryl methyl sites for hydroxylation is 1. The van der Waals surface area contributed by atoms with Gasteiger partial charge in [-0.25, -0.2) is 0 Å². The van der Waals surface area contributed by atoms with Crippen molar-refractivity contribution in [2.45, 2.75) is 32.6 Å². The Bertz CT molecular complexity index is 305. The second kappa shape index (κ2) is 5.04. The normalized spacial score (nSPS) is 13.3. The molecule has 0 radical (unpaired) electrons. The number of alkyl halides is 1. The molecule has 0 aliphatic heterocycles. The third kappa shape index (κ3) is 3.18. The Morgan fingerprint density at radius 1 is 1.29 bits per heavy atom. The van der Waals surface area contributed by atoms with Crippen molar-refractivity contribution < 1.29 is 0 Å². The number of halogens is 2. The van der Waals surface area contributed by atoms with Gasteiger partial charge >= 0.3 is 0 Å². The molecule has 0 saturated heterocycles. The van der Waals surface area contributed by atoms with Crippen molar-refractivity contribution in [2.75, 3.05) is 0 Å². The zero-order valence-corrected chi connectivity index (χ0v) is 10.4. The first-order valence-corrected chi connectivity index (χ1v) is 5.71. The van der Waals surface area contributed by atoms with Crippen LogP contribution in [0.3, 0.4) is 0 Å². The van der Waals surface area contributed by atoms with E-state index in [4.69, 9.17) is 23.2 Å². The molecule has 1 rings (SSSR count). The number of hydrogen-bond acceptors (Lipinski definition) is 0. The first-order valence-electron chi connectivity index (χ1n) is 4.90. The molecule has 1 atom stereocenters. The van der Waals surface area contributed by atoms with Gasteiger partial charge in [-0.2, -0.15) is 0 Å². The highest BCUT2D eigenvalue weighted by molar-refractivity contribution is 6.31. The molecule has 0 nitrogen and oxygen atoms in total. The van der Waals surface area contributed by atoms with Gasteiger partial charge in [0.05, 0.1) is 0 Å². The smallest absolute Gasteiger partial charge is 0.0435 e. The number of hydrogen-bond donors (Lipinski definition) is 0. The minimum atomic E-state index is 0.204. The van der Waals surface area contributed by atoms with E-state index in [-0.39, 0.29) is 5.38 Å². The molecule has 2 heteroatoms. The molecule has 0 fully saturated rings. The molecule has 0 aliphatic rings. The van der Waals surface area contributed by atoms with E-state index >= 15 is 0 Å². The van der Waals surface area contributed by atoms with Gasteiger partial charge in [-0.05, 0) is 36.5 Å². The van der Waals surface area contributed by atoms with E-state index in [1.807, 2.05) is 19.1 Å². The lowest BCUT2D eigenvalue weighted by Crippen LogP contribution is -2.11. The Morgan fingerprint density at radius 3 is 2.43 bits per heavy atom. The fraction of sp³-hybridized carbons (Fsp3) is 0.500. The molecule has 0 saturated carbocycles. The fourth-order valence-electron chi connectivity index (χ4n) is 1.29. The van der Waals surface area contributed by atoms with Crippen LogP contribution >= 0.6 is 23.2 Å². The summed E-state index contributed by atoms with van der Waals surface area (Å²) in [6.45, 7) is 6.30. The van der Waals surface area contributed by atoms with Crippen LogP contribution < -0.4 is 0 Å². The van der Waals surface area contributed by atoms with E-state index in [9.17, 15) is 0 Å². The summed E-state index contributed by atoms with van der Waals surface area (Å²) in [7, 11) is 0. The van der Waals surface area contributed by atoms with Crippen molar-refractivity contribution in [1.29, 1.82) is 0 Å². The van der Waals surface area contributed by atoms with Crippen LogP contribution in [0.2, 0.25) is 5.02 Å². The average Bonchev–Trinajstić information content (AvgIpc) is 2.11. The zero-order chi connectivity index (χ0) is 10.7. The predicted octanol–water partition coefficient (Wildman–Crippen LogP) is 4.45. The quantitative estimate of drug-likeness (QED) is 0.674. The van der Waals surface area contributed by atoms with Crippen LogP contribution in [0, 0.1) is 12.8 Å². The highest BCUT2D eigenvalue weighted by Gasteiger charge is 2.10. The summed E-state index contributed by atoms with van der Waals surface area (Å²) in [5, 5.41) is 1.03. The van der Waals surface area contributed by atoms with Gasteiger partial charge in [-0.3, -0.25) is 0 Å². The highest BCUT2D eigenvalue weighted by Crippen LogP contribution is 2.20. The van der Waals surface area contributed by atoms with Crippen molar-refractivity contribution in [3.05, 3.63) is 34.3 Å². The zero-order valence-electron chi connectivity index (χ0n) is 8.85. The first-order chi connectivity index (χ1) is 6.50. The summed E-state index contributed by atoms with van der Waals surface area (Å²) in [6, 6.07) is 6.10. The highest BCUT2D eigenvalue weighted by atomic mass is 35.5. The van der Waals surface area contributed by atoms with Crippen LogP contribution in [-0.4, -0.2) is 5.38 Å². The van der Waals surface area contributed by atoms with Gasteiger partial charge in [0.25, 0.3) is 0 Å². The predicted molar refractivity (Wildman–Crippen MR) is 64.4 cm³/mol. The first kappa shape index (κ1) is 11.9. The third-order valence-corrected chi connectivity index (χ3v) is 3.46. The molecular formula is C12H16Cl2. The van der Waals surface area contributed by atoms with Crippen LogP contribution in [0.25, 0.3) is 0 Å². The minimum Gasteiger partial charge on any atom is -0.122 e. The van der Waals surface area contributed by atoms with E-state index in [1.165, 1.54) is 5.56 Å². The molecule has 0 bridgehead atoms. The summed E-state index contributed by atoms with van der Waals surface area (Å²) in [5.41, 5.74) is 2.39. The van der Waals surface area contributed by atoms with Gasteiger partial charge < -0.3 is 0 Å². The standard InChI is InChI=1S/C12H16Cl2/c1-8(2)12(14)7-10-4-5-11(13)9(3)6-10/h4-6,8,12H,7H2,1-3H3.